The molecule has 0 saturated heterocycles. The molecule has 0 atom stereocenters. The van der Waals surface area contributed by atoms with Crippen molar-refractivity contribution >= 4 is 34.8 Å². The van der Waals surface area contributed by atoms with Crippen molar-refractivity contribution < 1.29 is 4.79 Å². The predicted octanol–water partition coefficient (Wildman–Crippen LogP) is 2.43. The molecular formula is C13H12Cl2N4O. The van der Waals surface area contributed by atoms with Crippen molar-refractivity contribution in [1.29, 1.82) is 0 Å². The third-order valence-electron chi connectivity index (χ3n) is 3.31. The van der Waals surface area contributed by atoms with Gasteiger partial charge in [-0.25, -0.2) is 4.98 Å². The molecule has 1 aliphatic heterocycles. The number of nitrogens with zero attached hydrogens (tertiary/aromatic N) is 3. The van der Waals surface area contributed by atoms with Gasteiger partial charge in [0.2, 0.25) is 0 Å². The van der Waals surface area contributed by atoms with Gasteiger partial charge in [-0.2, -0.15) is 0 Å². The zero-order valence-electron chi connectivity index (χ0n) is 10.5. The molecule has 0 radical (unpaired) electrons. The molecule has 0 spiro atoms. The first kappa shape index (κ1) is 13.3. The van der Waals surface area contributed by atoms with E-state index in [4.69, 9.17) is 28.9 Å². The van der Waals surface area contributed by atoms with Gasteiger partial charge in [-0.3, -0.25) is 4.79 Å². The van der Waals surface area contributed by atoms with E-state index >= 15 is 0 Å². The third-order valence-corrected chi connectivity index (χ3v) is 4.11. The van der Waals surface area contributed by atoms with Crippen LogP contribution in [0.5, 0.6) is 0 Å². The van der Waals surface area contributed by atoms with Crippen LogP contribution in [0.1, 0.15) is 16.2 Å². The van der Waals surface area contributed by atoms with Crippen molar-refractivity contribution in [2.24, 2.45) is 0 Å². The molecule has 0 unspecified atom stereocenters. The number of hydrogen-bond acceptors (Lipinski definition) is 3. The Hall–Kier alpha value is -1.72. The maximum atomic E-state index is 12.5. The molecule has 1 aliphatic rings. The molecule has 0 aliphatic carbocycles. The van der Waals surface area contributed by atoms with Gasteiger partial charge in [0.15, 0.2) is 0 Å². The van der Waals surface area contributed by atoms with Crippen LogP contribution in [0, 0.1) is 0 Å². The lowest BCUT2D eigenvalue weighted by Gasteiger charge is -2.28. The second kappa shape index (κ2) is 5.00. The Bertz CT molecular complexity index is 683. The lowest BCUT2D eigenvalue weighted by molar-refractivity contribution is 0.0708. The molecular weight excluding hydrogens is 299 g/mol. The van der Waals surface area contributed by atoms with E-state index in [-0.39, 0.29) is 16.0 Å². The predicted molar refractivity (Wildman–Crippen MR) is 77.8 cm³/mol. The third kappa shape index (κ3) is 2.23. The second-order valence-corrected chi connectivity index (χ2v) is 5.41. The Morgan fingerprint density at radius 3 is 2.90 bits per heavy atom. The standard InChI is InChI=1S/C13H12Cl2N4O/c14-10-6-8(16)5-9(12(10)15)13(20)19-4-3-18-2-1-17-11(18)7-19/h1-2,5-6H,3-4,7,16H2. The minimum Gasteiger partial charge on any atom is -0.399 e. The van der Waals surface area contributed by atoms with Crippen molar-refractivity contribution in [2.75, 3.05) is 12.3 Å². The number of rotatable bonds is 1. The molecule has 1 amide bonds. The summed E-state index contributed by atoms with van der Waals surface area (Å²) < 4.78 is 2.03. The van der Waals surface area contributed by atoms with E-state index in [9.17, 15) is 4.79 Å². The lowest BCUT2D eigenvalue weighted by atomic mass is 10.1. The summed E-state index contributed by atoms with van der Waals surface area (Å²) in [5.74, 6) is 0.675. The SMILES string of the molecule is Nc1cc(Cl)c(Cl)c(C(=O)N2CCn3ccnc3C2)c1. The van der Waals surface area contributed by atoms with E-state index in [1.54, 1.807) is 17.2 Å². The molecule has 7 heteroatoms. The summed E-state index contributed by atoms with van der Waals surface area (Å²) in [6.45, 7) is 1.77. The Balaban J connectivity index is 1.91. The van der Waals surface area contributed by atoms with Crippen LogP contribution in [0.3, 0.4) is 0 Å². The zero-order valence-corrected chi connectivity index (χ0v) is 12.0. The van der Waals surface area contributed by atoms with Gasteiger partial charge in [0.05, 0.1) is 22.2 Å². The summed E-state index contributed by atoms with van der Waals surface area (Å²) in [6, 6.07) is 3.08. The number of hydrogen-bond donors (Lipinski definition) is 1. The first-order valence-electron chi connectivity index (χ1n) is 6.10. The minimum absolute atomic E-state index is 0.182. The smallest absolute Gasteiger partial charge is 0.255 e. The van der Waals surface area contributed by atoms with Crippen LogP contribution in [0.15, 0.2) is 24.5 Å². The fourth-order valence-corrected chi connectivity index (χ4v) is 2.70. The molecule has 2 N–H and O–H groups in total. The van der Waals surface area contributed by atoms with Crippen LogP contribution in [0.4, 0.5) is 5.69 Å². The number of nitrogen functional groups attached to an aromatic ring is 1. The van der Waals surface area contributed by atoms with E-state index in [1.165, 1.54) is 6.07 Å². The summed E-state index contributed by atoms with van der Waals surface area (Å²) >= 11 is 12.1. The van der Waals surface area contributed by atoms with Gasteiger partial charge >= 0.3 is 0 Å². The lowest BCUT2D eigenvalue weighted by Crippen LogP contribution is -2.38. The Labute approximate surface area is 125 Å². The molecule has 3 rings (SSSR count). The topological polar surface area (TPSA) is 64.2 Å². The highest BCUT2D eigenvalue weighted by Crippen LogP contribution is 2.30. The molecule has 2 heterocycles. The van der Waals surface area contributed by atoms with Gasteiger partial charge in [0, 0.05) is 31.2 Å². The van der Waals surface area contributed by atoms with E-state index in [1.807, 2.05) is 10.8 Å². The number of fused-ring (bicyclic) bond motifs is 1. The van der Waals surface area contributed by atoms with E-state index in [0.29, 0.717) is 24.3 Å². The number of carbonyl (C=O) groups excluding carboxylic acids is 1. The maximum Gasteiger partial charge on any atom is 0.255 e. The summed E-state index contributed by atoms with van der Waals surface area (Å²) in [6.07, 6.45) is 3.63. The molecule has 2 aromatic rings. The fraction of sp³-hybridized carbons (Fsp3) is 0.231. The quantitative estimate of drug-likeness (QED) is 0.823. The summed E-state index contributed by atoms with van der Waals surface area (Å²) in [5, 5.41) is 0.522. The van der Waals surface area contributed by atoms with Crippen LogP contribution in [-0.2, 0) is 13.1 Å². The average Bonchev–Trinajstić information content (AvgIpc) is 2.89. The molecule has 0 bridgehead atoms. The molecule has 0 fully saturated rings. The first-order valence-corrected chi connectivity index (χ1v) is 6.85. The van der Waals surface area contributed by atoms with Gasteiger partial charge < -0.3 is 15.2 Å². The highest BCUT2D eigenvalue weighted by molar-refractivity contribution is 6.44. The number of amides is 1. The zero-order chi connectivity index (χ0) is 14.3. The number of benzene rings is 1. The Morgan fingerprint density at radius 1 is 1.30 bits per heavy atom. The highest BCUT2D eigenvalue weighted by atomic mass is 35.5. The van der Waals surface area contributed by atoms with Crippen molar-refractivity contribution in [3.8, 4) is 0 Å². The van der Waals surface area contributed by atoms with Crippen LogP contribution < -0.4 is 5.73 Å². The van der Waals surface area contributed by atoms with Crippen LogP contribution in [0.25, 0.3) is 0 Å². The van der Waals surface area contributed by atoms with E-state index in [2.05, 4.69) is 4.98 Å². The fourth-order valence-electron chi connectivity index (χ4n) is 2.28. The largest absolute Gasteiger partial charge is 0.399 e. The van der Waals surface area contributed by atoms with Gasteiger partial charge in [0.1, 0.15) is 5.82 Å². The van der Waals surface area contributed by atoms with Crippen LogP contribution >= 0.6 is 23.2 Å². The summed E-state index contributed by atoms with van der Waals surface area (Å²) in [4.78, 5) is 18.5. The van der Waals surface area contributed by atoms with E-state index in [0.717, 1.165) is 12.4 Å². The summed E-state index contributed by atoms with van der Waals surface area (Å²) in [5.41, 5.74) is 6.47. The maximum absolute atomic E-state index is 12.5. The Morgan fingerprint density at radius 2 is 2.10 bits per heavy atom. The van der Waals surface area contributed by atoms with Gasteiger partial charge in [0.25, 0.3) is 5.91 Å². The molecule has 1 aromatic heterocycles. The number of nitrogens with two attached hydrogens (primary N) is 1. The molecule has 104 valence electrons. The molecule has 1 aromatic carbocycles. The molecule has 0 saturated carbocycles. The van der Waals surface area contributed by atoms with Gasteiger partial charge in [-0.1, -0.05) is 23.2 Å². The van der Waals surface area contributed by atoms with Gasteiger partial charge in [-0.15, -0.1) is 0 Å². The van der Waals surface area contributed by atoms with E-state index < -0.39 is 0 Å². The van der Waals surface area contributed by atoms with Gasteiger partial charge in [-0.05, 0) is 12.1 Å². The number of imidazole rings is 1. The van der Waals surface area contributed by atoms with Crippen molar-refractivity contribution in [3.63, 3.8) is 0 Å². The van der Waals surface area contributed by atoms with Crippen molar-refractivity contribution in [3.05, 3.63) is 46.0 Å². The minimum atomic E-state index is -0.182. The average molecular weight is 311 g/mol. The number of aromatic nitrogens is 2. The molecule has 5 nitrogen and oxygen atoms in total. The Kier molecular flexibility index (Phi) is 3.31. The monoisotopic (exact) mass is 310 g/mol. The number of anilines is 1. The van der Waals surface area contributed by atoms with Crippen molar-refractivity contribution in [2.45, 2.75) is 13.1 Å². The number of halogens is 2. The first-order chi connectivity index (χ1) is 9.56. The van der Waals surface area contributed by atoms with Crippen LogP contribution in [0.2, 0.25) is 10.0 Å². The summed E-state index contributed by atoms with van der Waals surface area (Å²) in [7, 11) is 0. The van der Waals surface area contributed by atoms with Crippen LogP contribution in [-0.4, -0.2) is 26.9 Å². The highest BCUT2D eigenvalue weighted by Gasteiger charge is 2.24. The van der Waals surface area contributed by atoms with Crippen molar-refractivity contribution in [1.82, 2.24) is 14.5 Å². The normalized spacial score (nSPS) is 14.2. The number of carbonyl (C=O) groups is 1. The molecule has 20 heavy (non-hydrogen) atoms. The second-order valence-electron chi connectivity index (χ2n) is 4.63.